The first kappa shape index (κ1) is 11.7. The third kappa shape index (κ3) is 2.15. The molecule has 3 rings (SSSR count). The van der Waals surface area contributed by atoms with Crippen molar-refractivity contribution in [1.29, 1.82) is 0 Å². The summed E-state index contributed by atoms with van der Waals surface area (Å²) in [4.78, 5) is 0. The Kier molecular flexibility index (Phi) is 3.00. The van der Waals surface area contributed by atoms with Crippen molar-refractivity contribution in [3.63, 3.8) is 0 Å². The lowest BCUT2D eigenvalue weighted by Crippen LogP contribution is -2.25. The molecule has 0 saturated heterocycles. The van der Waals surface area contributed by atoms with Gasteiger partial charge < -0.3 is 5.32 Å². The van der Waals surface area contributed by atoms with Gasteiger partial charge in [-0.25, -0.2) is 0 Å². The SMILES string of the molecule is Cc1cc(Cl)c(NC2CC3CCC2C3)cc1Cl. The summed E-state index contributed by atoms with van der Waals surface area (Å²) in [6.45, 7) is 1.98. The van der Waals surface area contributed by atoms with Crippen LogP contribution in [0.2, 0.25) is 10.0 Å². The third-order valence-electron chi connectivity index (χ3n) is 4.33. The van der Waals surface area contributed by atoms with Gasteiger partial charge in [-0.05, 0) is 55.7 Å². The summed E-state index contributed by atoms with van der Waals surface area (Å²) < 4.78 is 0. The number of hydrogen-bond donors (Lipinski definition) is 1. The first-order valence-corrected chi connectivity index (χ1v) is 7.11. The van der Waals surface area contributed by atoms with E-state index in [0.717, 1.165) is 33.1 Å². The van der Waals surface area contributed by atoms with Crippen molar-refractivity contribution in [3.05, 3.63) is 27.7 Å². The summed E-state index contributed by atoms with van der Waals surface area (Å²) in [5.41, 5.74) is 2.04. The maximum atomic E-state index is 6.26. The van der Waals surface area contributed by atoms with Crippen molar-refractivity contribution >= 4 is 28.9 Å². The van der Waals surface area contributed by atoms with E-state index >= 15 is 0 Å². The zero-order valence-corrected chi connectivity index (χ0v) is 11.5. The van der Waals surface area contributed by atoms with Crippen molar-refractivity contribution in [2.24, 2.45) is 11.8 Å². The Hall–Kier alpha value is -0.400. The van der Waals surface area contributed by atoms with Crippen LogP contribution in [0.25, 0.3) is 0 Å². The summed E-state index contributed by atoms with van der Waals surface area (Å²) in [6, 6.07) is 4.51. The summed E-state index contributed by atoms with van der Waals surface area (Å²) in [6.07, 6.45) is 5.49. The minimum absolute atomic E-state index is 0.602. The van der Waals surface area contributed by atoms with Gasteiger partial charge in [-0.15, -0.1) is 0 Å². The van der Waals surface area contributed by atoms with Gasteiger partial charge in [-0.1, -0.05) is 29.6 Å². The van der Waals surface area contributed by atoms with Crippen molar-refractivity contribution in [2.75, 3.05) is 5.32 Å². The highest BCUT2D eigenvalue weighted by Crippen LogP contribution is 2.46. The van der Waals surface area contributed by atoms with Crippen molar-refractivity contribution in [1.82, 2.24) is 0 Å². The van der Waals surface area contributed by atoms with E-state index in [-0.39, 0.29) is 0 Å². The van der Waals surface area contributed by atoms with E-state index < -0.39 is 0 Å². The molecule has 3 heteroatoms. The Morgan fingerprint density at radius 2 is 1.94 bits per heavy atom. The van der Waals surface area contributed by atoms with Crippen LogP contribution < -0.4 is 5.32 Å². The molecule has 1 nitrogen and oxygen atoms in total. The smallest absolute Gasteiger partial charge is 0.0641 e. The molecule has 2 aliphatic carbocycles. The van der Waals surface area contributed by atoms with Gasteiger partial charge in [0.2, 0.25) is 0 Å². The van der Waals surface area contributed by atoms with E-state index in [1.165, 1.54) is 25.7 Å². The summed E-state index contributed by atoms with van der Waals surface area (Å²) in [7, 11) is 0. The van der Waals surface area contributed by atoms with Gasteiger partial charge in [0, 0.05) is 11.1 Å². The van der Waals surface area contributed by atoms with Crippen LogP contribution >= 0.6 is 23.2 Å². The highest BCUT2D eigenvalue weighted by atomic mass is 35.5. The molecule has 0 radical (unpaired) electrons. The van der Waals surface area contributed by atoms with Crippen LogP contribution in [0.4, 0.5) is 5.69 Å². The van der Waals surface area contributed by atoms with Crippen LogP contribution in [0.1, 0.15) is 31.2 Å². The molecule has 2 fully saturated rings. The molecule has 0 spiro atoms. The monoisotopic (exact) mass is 269 g/mol. The van der Waals surface area contributed by atoms with Gasteiger partial charge in [-0.3, -0.25) is 0 Å². The van der Waals surface area contributed by atoms with Crippen LogP contribution in [0.5, 0.6) is 0 Å². The Balaban J connectivity index is 1.79. The van der Waals surface area contributed by atoms with Crippen LogP contribution in [0.15, 0.2) is 12.1 Å². The van der Waals surface area contributed by atoms with E-state index in [4.69, 9.17) is 23.2 Å². The fourth-order valence-corrected chi connectivity index (χ4v) is 3.81. The minimum Gasteiger partial charge on any atom is -0.381 e. The molecular weight excluding hydrogens is 253 g/mol. The van der Waals surface area contributed by atoms with E-state index in [2.05, 4.69) is 5.32 Å². The number of fused-ring (bicyclic) bond motifs is 2. The Morgan fingerprint density at radius 3 is 2.59 bits per heavy atom. The molecule has 1 aromatic carbocycles. The topological polar surface area (TPSA) is 12.0 Å². The second-order valence-electron chi connectivity index (χ2n) is 5.51. The molecule has 1 N–H and O–H groups in total. The molecule has 2 saturated carbocycles. The number of rotatable bonds is 2. The Morgan fingerprint density at radius 1 is 1.12 bits per heavy atom. The summed E-state index contributed by atoms with van der Waals surface area (Å²) >= 11 is 12.4. The van der Waals surface area contributed by atoms with E-state index in [1.807, 2.05) is 19.1 Å². The van der Waals surface area contributed by atoms with Gasteiger partial charge in [-0.2, -0.15) is 0 Å². The Labute approximate surface area is 112 Å². The van der Waals surface area contributed by atoms with Crippen LogP contribution in [-0.4, -0.2) is 6.04 Å². The molecule has 2 aliphatic rings. The van der Waals surface area contributed by atoms with Crippen LogP contribution in [0.3, 0.4) is 0 Å². The lowest BCUT2D eigenvalue weighted by atomic mass is 9.95. The molecular formula is C14H17Cl2N. The quantitative estimate of drug-likeness (QED) is 0.805. The van der Waals surface area contributed by atoms with Gasteiger partial charge >= 0.3 is 0 Å². The largest absolute Gasteiger partial charge is 0.381 e. The second kappa shape index (κ2) is 4.37. The van der Waals surface area contributed by atoms with E-state index in [1.54, 1.807) is 0 Å². The molecule has 0 aromatic heterocycles. The first-order chi connectivity index (χ1) is 8.13. The highest BCUT2D eigenvalue weighted by Gasteiger charge is 2.39. The van der Waals surface area contributed by atoms with Gasteiger partial charge in [0.1, 0.15) is 0 Å². The minimum atomic E-state index is 0.602. The molecule has 0 amide bonds. The zero-order valence-electron chi connectivity index (χ0n) is 9.97. The van der Waals surface area contributed by atoms with Gasteiger partial charge in [0.05, 0.1) is 10.7 Å². The van der Waals surface area contributed by atoms with E-state index in [0.29, 0.717) is 6.04 Å². The lowest BCUT2D eigenvalue weighted by molar-refractivity contribution is 0.440. The predicted molar refractivity (Wildman–Crippen MR) is 74.1 cm³/mol. The van der Waals surface area contributed by atoms with E-state index in [9.17, 15) is 0 Å². The standard InChI is InChI=1S/C14H17Cl2N/c1-8-4-12(16)14(7-11(8)15)17-13-6-9-2-3-10(13)5-9/h4,7,9-10,13,17H,2-3,5-6H2,1H3. The lowest BCUT2D eigenvalue weighted by Gasteiger charge is -2.24. The number of nitrogens with one attached hydrogen (secondary N) is 1. The second-order valence-corrected chi connectivity index (χ2v) is 6.32. The van der Waals surface area contributed by atoms with Crippen molar-refractivity contribution < 1.29 is 0 Å². The molecule has 0 aliphatic heterocycles. The zero-order chi connectivity index (χ0) is 12.0. The maximum absolute atomic E-state index is 6.26. The fraction of sp³-hybridized carbons (Fsp3) is 0.571. The number of halogens is 2. The molecule has 0 heterocycles. The number of hydrogen-bond acceptors (Lipinski definition) is 1. The normalized spacial score (nSPS) is 30.9. The number of aryl methyl sites for hydroxylation is 1. The summed E-state index contributed by atoms with van der Waals surface area (Å²) in [5.74, 6) is 1.79. The first-order valence-electron chi connectivity index (χ1n) is 6.35. The van der Waals surface area contributed by atoms with Crippen LogP contribution in [0, 0.1) is 18.8 Å². The maximum Gasteiger partial charge on any atom is 0.0641 e. The summed E-state index contributed by atoms with van der Waals surface area (Å²) in [5, 5.41) is 5.17. The number of anilines is 1. The van der Waals surface area contributed by atoms with Gasteiger partial charge in [0.15, 0.2) is 0 Å². The van der Waals surface area contributed by atoms with Gasteiger partial charge in [0.25, 0.3) is 0 Å². The van der Waals surface area contributed by atoms with Crippen molar-refractivity contribution in [2.45, 2.75) is 38.6 Å². The predicted octanol–water partition coefficient (Wildman–Crippen LogP) is 4.90. The van der Waals surface area contributed by atoms with Crippen molar-refractivity contribution in [3.8, 4) is 0 Å². The molecule has 3 unspecified atom stereocenters. The van der Waals surface area contributed by atoms with Crippen LogP contribution in [-0.2, 0) is 0 Å². The average Bonchev–Trinajstić information content (AvgIpc) is 2.87. The Bertz CT molecular complexity index is 444. The fourth-order valence-electron chi connectivity index (χ4n) is 3.38. The highest BCUT2D eigenvalue weighted by molar-refractivity contribution is 6.35. The molecule has 92 valence electrons. The molecule has 1 aromatic rings. The molecule has 2 bridgehead atoms. The third-order valence-corrected chi connectivity index (χ3v) is 5.05. The molecule has 17 heavy (non-hydrogen) atoms. The number of benzene rings is 1. The molecule has 3 atom stereocenters. The average molecular weight is 270 g/mol.